The molecule has 1 aromatic heterocycles. The largest absolute Gasteiger partial charge is 0.461 e. The van der Waals surface area contributed by atoms with E-state index in [1.54, 1.807) is 64.2 Å². The molecule has 0 saturated carbocycles. The van der Waals surface area contributed by atoms with Gasteiger partial charge in [0.2, 0.25) is 0 Å². The molecule has 2 aromatic carbocycles. The summed E-state index contributed by atoms with van der Waals surface area (Å²) in [5.74, 6) is -0.420. The zero-order valence-corrected chi connectivity index (χ0v) is 19.2. The van der Waals surface area contributed by atoms with Gasteiger partial charge in [0.05, 0.1) is 6.61 Å². The highest BCUT2D eigenvalue weighted by Crippen LogP contribution is 2.22. The number of anilines is 1. The number of H-pyrrole nitrogens is 1. The Morgan fingerprint density at radius 3 is 2.21 bits per heavy atom. The number of hydrogen-bond acceptors (Lipinski definition) is 5. The number of Topliss-reactive ketones (excluding diaryl/α,β-unsaturated/α-hetero) is 1. The average Bonchev–Trinajstić information content (AvgIpc) is 3.24. The predicted molar refractivity (Wildman–Crippen MR) is 127 cm³/mol. The number of ketones is 1. The number of carbonyl (C=O) groups is 3. The first-order valence-corrected chi connectivity index (χ1v) is 10.7. The second-order valence-electron chi connectivity index (χ2n) is 8.52. The van der Waals surface area contributed by atoms with Crippen molar-refractivity contribution < 1.29 is 23.9 Å². The van der Waals surface area contributed by atoms with Gasteiger partial charge in [-0.2, -0.15) is 0 Å². The molecule has 1 amide bonds. The van der Waals surface area contributed by atoms with Gasteiger partial charge in [-0.25, -0.2) is 9.59 Å². The number of esters is 1. The number of rotatable bonds is 7. The Kier molecular flexibility index (Phi) is 7.33. The molecule has 7 nitrogen and oxygen atoms in total. The van der Waals surface area contributed by atoms with Crippen molar-refractivity contribution in [3.05, 3.63) is 77.6 Å². The van der Waals surface area contributed by atoms with Gasteiger partial charge in [-0.05, 0) is 74.7 Å². The third-order valence-electron chi connectivity index (χ3n) is 4.68. The molecule has 0 unspecified atom stereocenters. The first-order valence-electron chi connectivity index (χ1n) is 10.7. The van der Waals surface area contributed by atoms with Crippen LogP contribution < -0.4 is 5.32 Å². The minimum absolute atomic E-state index is 0.0298. The highest BCUT2D eigenvalue weighted by molar-refractivity contribution is 5.98. The summed E-state index contributed by atoms with van der Waals surface area (Å²) in [6.45, 7) is 7.45. The van der Waals surface area contributed by atoms with Crippen LogP contribution in [0.2, 0.25) is 0 Å². The summed E-state index contributed by atoms with van der Waals surface area (Å²) in [6, 6.07) is 16.1. The van der Waals surface area contributed by atoms with Crippen molar-refractivity contribution in [2.75, 3.05) is 11.9 Å². The maximum atomic E-state index is 12.7. The summed E-state index contributed by atoms with van der Waals surface area (Å²) in [5.41, 5.74) is 3.59. The maximum Gasteiger partial charge on any atom is 0.412 e. The van der Waals surface area contributed by atoms with E-state index in [0.717, 1.165) is 16.7 Å². The van der Waals surface area contributed by atoms with Crippen LogP contribution >= 0.6 is 0 Å². The van der Waals surface area contributed by atoms with Crippen LogP contribution in [0.5, 0.6) is 0 Å². The number of aromatic nitrogens is 1. The Labute approximate surface area is 193 Å². The number of carbonyl (C=O) groups excluding carboxylic acids is 3. The van der Waals surface area contributed by atoms with Crippen LogP contribution in [-0.4, -0.2) is 35.0 Å². The van der Waals surface area contributed by atoms with E-state index in [-0.39, 0.29) is 12.2 Å². The molecule has 0 saturated heterocycles. The molecule has 0 aliphatic heterocycles. The quantitative estimate of drug-likeness (QED) is 0.361. The van der Waals surface area contributed by atoms with E-state index in [2.05, 4.69) is 10.3 Å². The fraction of sp³-hybridized carbons (Fsp3) is 0.269. The molecule has 33 heavy (non-hydrogen) atoms. The summed E-state index contributed by atoms with van der Waals surface area (Å²) < 4.78 is 10.2. The molecule has 0 aliphatic rings. The van der Waals surface area contributed by atoms with Crippen LogP contribution in [0.4, 0.5) is 10.5 Å². The molecule has 0 bridgehead atoms. The molecule has 0 atom stereocenters. The minimum atomic E-state index is -0.584. The average molecular weight is 449 g/mol. The van der Waals surface area contributed by atoms with Crippen LogP contribution in [-0.2, 0) is 15.9 Å². The summed E-state index contributed by atoms with van der Waals surface area (Å²) in [6.07, 6.45) is 1.46. The monoisotopic (exact) mass is 448 g/mol. The van der Waals surface area contributed by atoms with Gasteiger partial charge >= 0.3 is 12.1 Å². The highest BCUT2D eigenvalue weighted by atomic mass is 16.6. The van der Waals surface area contributed by atoms with Gasteiger partial charge in [-0.15, -0.1) is 0 Å². The van der Waals surface area contributed by atoms with Crippen molar-refractivity contribution in [1.29, 1.82) is 0 Å². The van der Waals surface area contributed by atoms with E-state index < -0.39 is 17.7 Å². The van der Waals surface area contributed by atoms with Gasteiger partial charge in [-0.1, -0.05) is 24.3 Å². The molecule has 0 radical (unpaired) electrons. The molecule has 3 aromatic rings. The molecule has 1 heterocycles. The maximum absolute atomic E-state index is 12.7. The van der Waals surface area contributed by atoms with Crippen LogP contribution in [0.3, 0.4) is 0 Å². The molecular formula is C26H28N2O5. The number of aromatic amines is 1. The summed E-state index contributed by atoms with van der Waals surface area (Å²) in [4.78, 5) is 39.3. The van der Waals surface area contributed by atoms with Crippen LogP contribution in [0.1, 0.15) is 54.1 Å². The Morgan fingerprint density at radius 2 is 1.61 bits per heavy atom. The molecule has 0 aliphatic carbocycles. The van der Waals surface area contributed by atoms with Crippen molar-refractivity contribution in [1.82, 2.24) is 4.98 Å². The second-order valence-corrected chi connectivity index (χ2v) is 8.52. The second kappa shape index (κ2) is 10.2. The van der Waals surface area contributed by atoms with E-state index >= 15 is 0 Å². The van der Waals surface area contributed by atoms with Crippen LogP contribution in [0.25, 0.3) is 11.1 Å². The highest BCUT2D eigenvalue weighted by Gasteiger charge is 2.16. The standard InChI is InChI=1S/C26H28N2O5/c1-5-32-24(30)22-15-20(16-27-22)18-8-6-17(7-9-18)14-23(29)19-10-12-21(13-11-19)28-25(31)33-26(2,3)4/h6-13,15-16,27H,5,14H2,1-4H3,(H,28,31). The van der Waals surface area contributed by atoms with Crippen LogP contribution in [0.15, 0.2) is 60.8 Å². The van der Waals surface area contributed by atoms with Crippen molar-refractivity contribution in [3.63, 3.8) is 0 Å². The number of nitrogens with one attached hydrogen (secondary N) is 2. The van der Waals surface area contributed by atoms with Crippen molar-refractivity contribution in [2.45, 2.75) is 39.7 Å². The van der Waals surface area contributed by atoms with E-state index in [1.807, 2.05) is 24.3 Å². The van der Waals surface area contributed by atoms with Crippen molar-refractivity contribution in [2.24, 2.45) is 0 Å². The fourth-order valence-corrected chi connectivity index (χ4v) is 3.15. The Hall–Kier alpha value is -3.87. The Balaban J connectivity index is 1.59. The number of amides is 1. The normalized spacial score (nSPS) is 11.0. The smallest absolute Gasteiger partial charge is 0.412 e. The molecular weight excluding hydrogens is 420 g/mol. The van der Waals surface area contributed by atoms with Gasteiger partial charge in [0.25, 0.3) is 0 Å². The molecule has 172 valence electrons. The fourth-order valence-electron chi connectivity index (χ4n) is 3.15. The molecule has 3 rings (SSSR count). The van der Waals surface area contributed by atoms with E-state index in [1.165, 1.54) is 0 Å². The topological polar surface area (TPSA) is 97.5 Å². The zero-order chi connectivity index (χ0) is 24.0. The lowest BCUT2D eigenvalue weighted by Gasteiger charge is -2.19. The Bertz CT molecular complexity index is 1120. The lowest BCUT2D eigenvalue weighted by molar-refractivity contribution is 0.0519. The minimum Gasteiger partial charge on any atom is -0.461 e. The lowest BCUT2D eigenvalue weighted by atomic mass is 10.0. The number of hydrogen-bond donors (Lipinski definition) is 2. The van der Waals surface area contributed by atoms with Crippen LogP contribution in [0, 0.1) is 0 Å². The van der Waals surface area contributed by atoms with Gasteiger partial charge < -0.3 is 14.5 Å². The van der Waals surface area contributed by atoms with E-state index in [4.69, 9.17) is 9.47 Å². The van der Waals surface area contributed by atoms with Gasteiger partial charge in [-0.3, -0.25) is 10.1 Å². The van der Waals surface area contributed by atoms with E-state index in [9.17, 15) is 14.4 Å². The number of ether oxygens (including phenoxy) is 2. The first-order chi connectivity index (χ1) is 15.6. The predicted octanol–water partition coefficient (Wildman–Crippen LogP) is 5.63. The van der Waals surface area contributed by atoms with Gasteiger partial charge in [0, 0.05) is 23.9 Å². The lowest BCUT2D eigenvalue weighted by Crippen LogP contribution is -2.27. The molecule has 2 N–H and O–H groups in total. The van der Waals surface area contributed by atoms with Crippen molar-refractivity contribution in [3.8, 4) is 11.1 Å². The van der Waals surface area contributed by atoms with Crippen molar-refractivity contribution >= 4 is 23.5 Å². The summed E-state index contributed by atoms with van der Waals surface area (Å²) in [5, 5.41) is 2.65. The summed E-state index contributed by atoms with van der Waals surface area (Å²) >= 11 is 0. The Morgan fingerprint density at radius 1 is 0.939 bits per heavy atom. The zero-order valence-electron chi connectivity index (χ0n) is 19.2. The van der Waals surface area contributed by atoms with Gasteiger partial charge in [0.15, 0.2) is 5.78 Å². The third kappa shape index (κ3) is 6.80. The SMILES string of the molecule is CCOC(=O)c1cc(-c2ccc(CC(=O)c3ccc(NC(=O)OC(C)(C)C)cc3)cc2)c[nH]1. The van der Waals surface area contributed by atoms with E-state index in [0.29, 0.717) is 23.6 Å². The molecule has 0 fully saturated rings. The first kappa shape index (κ1) is 23.8. The summed E-state index contributed by atoms with van der Waals surface area (Å²) in [7, 11) is 0. The molecule has 7 heteroatoms. The molecule has 0 spiro atoms. The van der Waals surface area contributed by atoms with Gasteiger partial charge in [0.1, 0.15) is 11.3 Å². The number of benzene rings is 2. The third-order valence-corrected chi connectivity index (χ3v) is 4.68.